The molecule has 1 aromatic rings. The Hall–Kier alpha value is -2.86. The molecule has 0 aromatic heterocycles. The minimum absolute atomic E-state index is 0.211. The Balaban J connectivity index is 1.64. The van der Waals surface area contributed by atoms with Gasteiger partial charge in [-0.2, -0.15) is 13.2 Å². The molecule has 5 N–H and O–H groups in total. The lowest BCUT2D eigenvalue weighted by atomic mass is 10.0. The van der Waals surface area contributed by atoms with E-state index in [1.165, 1.54) is 25.7 Å². The number of nitrogens with zero attached hydrogens (tertiary/aromatic N) is 1. The predicted molar refractivity (Wildman–Crippen MR) is 146 cm³/mol. The van der Waals surface area contributed by atoms with Crippen LogP contribution in [0, 0.1) is 11.8 Å². The molecule has 2 fully saturated rings. The van der Waals surface area contributed by atoms with Crippen LogP contribution in [0.25, 0.3) is 0 Å². The Bertz CT molecular complexity index is 1010. The second-order valence-corrected chi connectivity index (χ2v) is 11.4. The minimum Gasteiger partial charge on any atom is -0.391 e. The molecule has 0 spiro atoms. The molecule has 0 bridgehead atoms. The summed E-state index contributed by atoms with van der Waals surface area (Å²) in [6.07, 6.45) is 0.481. The third-order valence-electron chi connectivity index (χ3n) is 6.89. The average Bonchev–Trinajstić information content (AvgIpc) is 3.78. The Morgan fingerprint density at radius 3 is 2.17 bits per heavy atom. The molecule has 12 heteroatoms. The van der Waals surface area contributed by atoms with Gasteiger partial charge in [0.25, 0.3) is 5.91 Å². The summed E-state index contributed by atoms with van der Waals surface area (Å²) >= 11 is 0. The zero-order valence-electron chi connectivity index (χ0n) is 23.4. The number of aliphatic hydroxyl groups is 1. The maximum Gasteiger partial charge on any atom is 0.416 e. The summed E-state index contributed by atoms with van der Waals surface area (Å²) in [6, 6.07) is 1.02. The number of halogens is 3. The molecule has 0 saturated heterocycles. The highest BCUT2D eigenvalue weighted by molar-refractivity contribution is 5.98. The number of carbonyl (C=O) groups excluding carboxylic acids is 3. The summed E-state index contributed by atoms with van der Waals surface area (Å²) in [5, 5.41) is 20.8. The topological polar surface area (TPSA) is 123 Å². The summed E-state index contributed by atoms with van der Waals surface area (Å²) < 4.78 is 40.4. The summed E-state index contributed by atoms with van der Waals surface area (Å²) in [6.45, 7) is 7.21. The van der Waals surface area contributed by atoms with Gasteiger partial charge in [0.15, 0.2) is 0 Å². The molecular formula is C28H42F3N5O4. The van der Waals surface area contributed by atoms with E-state index >= 15 is 0 Å². The number of alkyl halides is 3. The highest BCUT2D eigenvalue weighted by Gasteiger charge is 2.33. The third-order valence-corrected chi connectivity index (χ3v) is 6.89. The van der Waals surface area contributed by atoms with Crippen molar-refractivity contribution in [3.63, 3.8) is 0 Å². The number of amides is 4. The van der Waals surface area contributed by atoms with Gasteiger partial charge < -0.3 is 31.3 Å². The number of carbonyl (C=O) groups is 3. The molecule has 4 amide bonds. The largest absolute Gasteiger partial charge is 0.416 e. The van der Waals surface area contributed by atoms with Crippen molar-refractivity contribution in [2.75, 3.05) is 31.5 Å². The van der Waals surface area contributed by atoms with E-state index in [1.807, 2.05) is 6.92 Å². The lowest BCUT2D eigenvalue weighted by molar-refractivity contribution is -0.137. The second kappa shape index (κ2) is 14.2. The number of hydrogen-bond acceptors (Lipinski definition) is 5. The van der Waals surface area contributed by atoms with E-state index in [1.54, 1.807) is 13.8 Å². The van der Waals surface area contributed by atoms with Crippen molar-refractivity contribution < 1.29 is 32.7 Å². The van der Waals surface area contributed by atoms with E-state index in [0.29, 0.717) is 30.9 Å². The van der Waals surface area contributed by atoms with Gasteiger partial charge in [-0.15, -0.1) is 0 Å². The van der Waals surface area contributed by atoms with Crippen LogP contribution in [0.3, 0.4) is 0 Å². The molecule has 2 aliphatic rings. The fourth-order valence-corrected chi connectivity index (χ4v) is 4.54. The highest BCUT2D eigenvalue weighted by atomic mass is 19.4. The van der Waals surface area contributed by atoms with Gasteiger partial charge in [-0.1, -0.05) is 13.3 Å². The molecule has 0 aliphatic heterocycles. The van der Waals surface area contributed by atoms with Crippen LogP contribution in [0.15, 0.2) is 18.2 Å². The van der Waals surface area contributed by atoms with Crippen molar-refractivity contribution in [1.29, 1.82) is 0 Å². The van der Waals surface area contributed by atoms with Crippen molar-refractivity contribution in [3.05, 3.63) is 29.3 Å². The number of rotatable bonds is 15. The molecule has 0 unspecified atom stereocenters. The number of anilines is 1. The van der Waals surface area contributed by atoms with Crippen LogP contribution in [0.4, 0.5) is 23.7 Å². The standard InChI is InChI=1S/C28H42F3N5O4/c1-4-5-24(37)23(16-36(14-18-6-7-18)15-19-8-9-19)35-25(38)13-32-26(39)20-10-21(28(29,30)31)12-22(11-20)34-27(40)33-17(2)3/h10-12,17-19,23-24,37H,4-9,13-16H2,1-3H3,(H,32,39)(H,35,38)(H2,33,34,40)/t23-,24-/m0/s1. The number of benzene rings is 1. The van der Waals surface area contributed by atoms with Crippen LogP contribution >= 0.6 is 0 Å². The van der Waals surface area contributed by atoms with E-state index in [2.05, 4.69) is 26.2 Å². The van der Waals surface area contributed by atoms with Crippen LogP contribution < -0.4 is 21.3 Å². The Labute approximate surface area is 233 Å². The first-order valence-electron chi connectivity index (χ1n) is 14.1. The van der Waals surface area contributed by atoms with Crippen molar-refractivity contribution in [3.8, 4) is 0 Å². The van der Waals surface area contributed by atoms with Crippen molar-refractivity contribution >= 4 is 23.5 Å². The van der Waals surface area contributed by atoms with Crippen LogP contribution in [0.1, 0.15) is 75.2 Å². The zero-order valence-corrected chi connectivity index (χ0v) is 23.4. The molecule has 9 nitrogen and oxygen atoms in total. The molecular weight excluding hydrogens is 527 g/mol. The number of nitrogens with one attached hydrogen (secondary N) is 4. The fourth-order valence-electron chi connectivity index (χ4n) is 4.54. The first-order chi connectivity index (χ1) is 18.8. The molecule has 2 saturated carbocycles. The predicted octanol–water partition coefficient (Wildman–Crippen LogP) is 3.73. The summed E-state index contributed by atoms with van der Waals surface area (Å²) in [5.41, 5.74) is -1.68. The van der Waals surface area contributed by atoms with Gasteiger partial charge in [0, 0.05) is 36.9 Å². The molecule has 1 aromatic carbocycles. The van der Waals surface area contributed by atoms with Gasteiger partial charge in [-0.25, -0.2) is 4.79 Å². The quantitative estimate of drug-likeness (QED) is 0.220. The van der Waals surface area contributed by atoms with Gasteiger partial charge >= 0.3 is 12.2 Å². The maximum atomic E-state index is 13.5. The van der Waals surface area contributed by atoms with Gasteiger partial charge in [0.2, 0.25) is 5.91 Å². The molecule has 3 rings (SSSR count). The fraction of sp³-hybridized carbons (Fsp3) is 0.679. The summed E-state index contributed by atoms with van der Waals surface area (Å²) in [5.74, 6) is -0.141. The molecule has 40 heavy (non-hydrogen) atoms. The van der Waals surface area contributed by atoms with Gasteiger partial charge in [0.05, 0.1) is 24.3 Å². The van der Waals surface area contributed by atoms with E-state index < -0.39 is 48.3 Å². The number of hydrogen-bond donors (Lipinski definition) is 5. The first kappa shape index (κ1) is 31.7. The third kappa shape index (κ3) is 11.0. The highest BCUT2D eigenvalue weighted by Crippen LogP contribution is 2.34. The van der Waals surface area contributed by atoms with Gasteiger partial charge in [0.1, 0.15) is 0 Å². The lowest BCUT2D eigenvalue weighted by Gasteiger charge is -2.31. The maximum absolute atomic E-state index is 13.5. The van der Waals surface area contributed by atoms with E-state index in [-0.39, 0.29) is 17.3 Å². The molecule has 2 aliphatic carbocycles. The summed E-state index contributed by atoms with van der Waals surface area (Å²) in [7, 11) is 0. The Morgan fingerprint density at radius 1 is 1.02 bits per heavy atom. The van der Waals surface area contributed by atoms with Crippen molar-refractivity contribution in [2.24, 2.45) is 11.8 Å². The summed E-state index contributed by atoms with van der Waals surface area (Å²) in [4.78, 5) is 39.9. The number of urea groups is 1. The molecule has 0 radical (unpaired) electrons. The van der Waals surface area contributed by atoms with Gasteiger partial charge in [-0.3, -0.25) is 9.59 Å². The Morgan fingerprint density at radius 2 is 1.65 bits per heavy atom. The van der Waals surface area contributed by atoms with E-state index in [9.17, 15) is 32.7 Å². The van der Waals surface area contributed by atoms with Crippen LogP contribution in [-0.4, -0.2) is 72.2 Å². The van der Waals surface area contributed by atoms with Crippen molar-refractivity contribution in [2.45, 2.75) is 83.7 Å². The average molecular weight is 570 g/mol. The molecule has 224 valence electrons. The van der Waals surface area contributed by atoms with E-state index in [4.69, 9.17) is 0 Å². The number of aliphatic hydroxyl groups excluding tert-OH is 1. The van der Waals surface area contributed by atoms with Crippen LogP contribution in [0.5, 0.6) is 0 Å². The van der Waals surface area contributed by atoms with Gasteiger partial charge in [-0.05, 0) is 76.0 Å². The first-order valence-corrected chi connectivity index (χ1v) is 14.1. The molecule has 0 heterocycles. The van der Waals surface area contributed by atoms with Crippen molar-refractivity contribution in [1.82, 2.24) is 20.9 Å². The smallest absolute Gasteiger partial charge is 0.391 e. The van der Waals surface area contributed by atoms with E-state index in [0.717, 1.165) is 31.6 Å². The zero-order chi connectivity index (χ0) is 29.4. The van der Waals surface area contributed by atoms with Crippen LogP contribution in [0.2, 0.25) is 0 Å². The van der Waals surface area contributed by atoms with Crippen LogP contribution in [-0.2, 0) is 11.0 Å². The molecule has 2 atom stereocenters. The lowest BCUT2D eigenvalue weighted by Crippen LogP contribution is -2.53. The monoisotopic (exact) mass is 569 g/mol. The SMILES string of the molecule is CCC[C@H](O)[C@H](CN(CC1CC1)CC1CC1)NC(=O)CNC(=O)c1cc(NC(=O)NC(C)C)cc(C(F)(F)F)c1. The minimum atomic E-state index is -4.76. The Kier molecular flexibility index (Phi) is 11.2. The second-order valence-electron chi connectivity index (χ2n) is 11.4. The normalized spacial score (nSPS) is 16.9.